The lowest BCUT2D eigenvalue weighted by atomic mass is 10.1. The Bertz CT molecular complexity index is 476. The highest BCUT2D eigenvalue weighted by molar-refractivity contribution is 6.01. The zero-order valence-corrected chi connectivity index (χ0v) is 9.55. The molecule has 0 spiro atoms. The van der Waals surface area contributed by atoms with Gasteiger partial charge in [-0.15, -0.1) is 0 Å². The van der Waals surface area contributed by atoms with E-state index < -0.39 is 29.8 Å². The molecule has 1 aromatic rings. The van der Waals surface area contributed by atoms with Crippen molar-refractivity contribution in [1.29, 1.82) is 0 Å². The van der Waals surface area contributed by atoms with Gasteiger partial charge in [0, 0.05) is 0 Å². The highest BCUT2D eigenvalue weighted by atomic mass is 19.1. The van der Waals surface area contributed by atoms with Crippen LogP contribution in [0, 0.1) is 5.82 Å². The Balaban J connectivity index is 2.94. The molecule has 7 heteroatoms. The fraction of sp³-hybridized carbons (Fsp3) is 0.273. The van der Waals surface area contributed by atoms with Gasteiger partial charge in [-0.2, -0.15) is 0 Å². The summed E-state index contributed by atoms with van der Waals surface area (Å²) in [5, 5.41) is 20.0. The van der Waals surface area contributed by atoms with E-state index >= 15 is 0 Å². The van der Waals surface area contributed by atoms with E-state index in [9.17, 15) is 19.1 Å². The van der Waals surface area contributed by atoms with Gasteiger partial charge in [-0.3, -0.25) is 4.79 Å². The summed E-state index contributed by atoms with van der Waals surface area (Å²) in [4.78, 5) is 22.5. The van der Waals surface area contributed by atoms with Crippen LogP contribution in [0.2, 0.25) is 0 Å². The number of amides is 1. The molecule has 2 atom stereocenters. The van der Waals surface area contributed by atoms with Crippen LogP contribution in [0.4, 0.5) is 10.1 Å². The molecular weight excluding hydrogens is 243 g/mol. The van der Waals surface area contributed by atoms with Gasteiger partial charge in [0.2, 0.25) is 0 Å². The number of rotatable bonds is 4. The van der Waals surface area contributed by atoms with Gasteiger partial charge in [0.15, 0.2) is 6.04 Å². The van der Waals surface area contributed by atoms with Crippen LogP contribution in [0.1, 0.15) is 17.3 Å². The Labute approximate surface area is 102 Å². The van der Waals surface area contributed by atoms with Crippen LogP contribution in [-0.4, -0.2) is 34.2 Å². The minimum absolute atomic E-state index is 0.179. The molecule has 0 fully saturated rings. The summed E-state index contributed by atoms with van der Waals surface area (Å²) in [6.07, 6.45) is -1.29. The molecule has 1 rings (SSSR count). The van der Waals surface area contributed by atoms with Crippen LogP contribution < -0.4 is 11.1 Å². The monoisotopic (exact) mass is 256 g/mol. The number of hydrogen-bond acceptors (Lipinski definition) is 4. The molecule has 18 heavy (non-hydrogen) atoms. The number of anilines is 1. The summed E-state index contributed by atoms with van der Waals surface area (Å²) in [5.41, 5.74) is 4.82. The van der Waals surface area contributed by atoms with Crippen molar-refractivity contribution in [2.75, 3.05) is 5.73 Å². The molecule has 0 bridgehead atoms. The molecular formula is C11H13FN2O4. The number of carbonyl (C=O) groups is 2. The van der Waals surface area contributed by atoms with Crippen molar-refractivity contribution in [3.8, 4) is 0 Å². The highest BCUT2D eigenvalue weighted by Gasteiger charge is 2.26. The summed E-state index contributed by atoms with van der Waals surface area (Å²) >= 11 is 0. The highest BCUT2D eigenvalue weighted by Crippen LogP contribution is 2.15. The Kier molecular flexibility index (Phi) is 4.22. The van der Waals surface area contributed by atoms with Crippen molar-refractivity contribution in [1.82, 2.24) is 5.32 Å². The fourth-order valence-corrected chi connectivity index (χ4v) is 1.34. The van der Waals surface area contributed by atoms with Gasteiger partial charge in [0.25, 0.3) is 5.91 Å². The molecule has 5 N–H and O–H groups in total. The van der Waals surface area contributed by atoms with Crippen LogP contribution in [0.3, 0.4) is 0 Å². The molecule has 0 radical (unpaired) electrons. The smallest absolute Gasteiger partial charge is 0.328 e. The van der Waals surface area contributed by atoms with E-state index in [2.05, 4.69) is 5.32 Å². The minimum atomic E-state index is -1.49. The molecule has 1 aromatic carbocycles. The molecule has 0 heterocycles. The van der Waals surface area contributed by atoms with E-state index in [-0.39, 0.29) is 11.3 Å². The number of benzene rings is 1. The van der Waals surface area contributed by atoms with Gasteiger partial charge in [0.05, 0.1) is 17.4 Å². The van der Waals surface area contributed by atoms with Gasteiger partial charge in [0.1, 0.15) is 5.82 Å². The van der Waals surface area contributed by atoms with E-state index in [1.165, 1.54) is 19.1 Å². The molecule has 0 aliphatic rings. The van der Waals surface area contributed by atoms with Crippen LogP contribution in [0.25, 0.3) is 0 Å². The number of carboxylic acid groups (broad SMARTS) is 1. The SMILES string of the molecule is C[C@@H](O)[C@H](NC(=O)c1cccc(F)c1N)C(=O)O. The predicted molar refractivity (Wildman–Crippen MR) is 61.4 cm³/mol. The molecule has 0 unspecified atom stereocenters. The minimum Gasteiger partial charge on any atom is -0.480 e. The molecule has 0 saturated carbocycles. The van der Waals surface area contributed by atoms with E-state index in [1.54, 1.807) is 0 Å². The number of aliphatic hydroxyl groups is 1. The number of aliphatic carboxylic acids is 1. The third-order valence-electron chi connectivity index (χ3n) is 2.33. The first kappa shape index (κ1) is 13.9. The second-order valence-electron chi connectivity index (χ2n) is 3.73. The zero-order valence-electron chi connectivity index (χ0n) is 9.55. The maximum Gasteiger partial charge on any atom is 0.328 e. The molecule has 98 valence electrons. The molecule has 0 aliphatic carbocycles. The van der Waals surface area contributed by atoms with Gasteiger partial charge < -0.3 is 21.3 Å². The standard InChI is InChI=1S/C11H13FN2O4/c1-5(15)9(11(17)18)14-10(16)6-3-2-4-7(12)8(6)13/h2-5,9,15H,13H2,1H3,(H,14,16)(H,17,18)/t5-,9+/m1/s1. The van der Waals surface area contributed by atoms with Gasteiger partial charge >= 0.3 is 5.97 Å². The fourth-order valence-electron chi connectivity index (χ4n) is 1.34. The molecule has 0 aliphatic heterocycles. The molecule has 0 saturated heterocycles. The third kappa shape index (κ3) is 2.95. The van der Waals surface area contributed by atoms with Gasteiger partial charge in [-0.25, -0.2) is 9.18 Å². The second-order valence-corrected chi connectivity index (χ2v) is 3.73. The Hall–Kier alpha value is -2.15. The Morgan fingerprint density at radius 2 is 2.06 bits per heavy atom. The van der Waals surface area contributed by atoms with Crippen molar-refractivity contribution in [2.45, 2.75) is 19.1 Å². The van der Waals surface area contributed by atoms with Gasteiger partial charge in [-0.1, -0.05) is 6.07 Å². The number of nitrogens with two attached hydrogens (primary N) is 1. The van der Waals surface area contributed by atoms with E-state index in [0.29, 0.717) is 0 Å². The van der Waals surface area contributed by atoms with Gasteiger partial charge in [-0.05, 0) is 19.1 Å². The van der Waals surface area contributed by atoms with Crippen LogP contribution in [0.15, 0.2) is 18.2 Å². The number of aliphatic hydroxyl groups excluding tert-OH is 1. The quantitative estimate of drug-likeness (QED) is 0.565. The van der Waals surface area contributed by atoms with E-state index in [0.717, 1.165) is 6.07 Å². The number of hydrogen-bond donors (Lipinski definition) is 4. The van der Waals surface area contributed by atoms with Crippen LogP contribution in [0.5, 0.6) is 0 Å². The summed E-state index contributed by atoms with van der Waals surface area (Å²) in [6.45, 7) is 1.22. The summed E-state index contributed by atoms with van der Waals surface area (Å²) in [7, 11) is 0. The number of halogens is 1. The van der Waals surface area contributed by atoms with Crippen LogP contribution in [-0.2, 0) is 4.79 Å². The summed E-state index contributed by atoms with van der Waals surface area (Å²) < 4.78 is 13.1. The van der Waals surface area contributed by atoms with Crippen molar-refractivity contribution in [3.63, 3.8) is 0 Å². The largest absolute Gasteiger partial charge is 0.480 e. The number of para-hydroxylation sites is 1. The zero-order chi connectivity index (χ0) is 13.9. The first-order chi connectivity index (χ1) is 8.34. The maximum atomic E-state index is 13.1. The van der Waals surface area contributed by atoms with E-state index in [1.807, 2.05) is 0 Å². The lowest BCUT2D eigenvalue weighted by Crippen LogP contribution is -2.47. The Morgan fingerprint density at radius 3 is 2.56 bits per heavy atom. The maximum absolute atomic E-state index is 13.1. The normalized spacial score (nSPS) is 13.7. The number of carbonyl (C=O) groups excluding carboxylic acids is 1. The first-order valence-electron chi connectivity index (χ1n) is 5.10. The van der Waals surface area contributed by atoms with Crippen molar-refractivity contribution in [2.24, 2.45) is 0 Å². The second kappa shape index (κ2) is 5.46. The molecule has 1 amide bonds. The van der Waals surface area contributed by atoms with E-state index in [4.69, 9.17) is 10.8 Å². The lowest BCUT2D eigenvalue weighted by molar-refractivity contribution is -0.141. The average Bonchev–Trinajstić information content (AvgIpc) is 2.28. The summed E-state index contributed by atoms with van der Waals surface area (Å²) in [6, 6.07) is 2.13. The molecule has 0 aromatic heterocycles. The lowest BCUT2D eigenvalue weighted by Gasteiger charge is -2.17. The number of nitrogens with one attached hydrogen (secondary N) is 1. The third-order valence-corrected chi connectivity index (χ3v) is 2.33. The topological polar surface area (TPSA) is 113 Å². The summed E-state index contributed by atoms with van der Waals surface area (Å²) in [5.74, 6) is -3.03. The molecule has 6 nitrogen and oxygen atoms in total. The first-order valence-corrected chi connectivity index (χ1v) is 5.10. The predicted octanol–water partition coefficient (Wildman–Crippen LogP) is -0.0283. The van der Waals surface area contributed by atoms with Crippen molar-refractivity contribution in [3.05, 3.63) is 29.6 Å². The number of carboxylic acids is 1. The van der Waals surface area contributed by atoms with Crippen molar-refractivity contribution >= 4 is 17.6 Å². The average molecular weight is 256 g/mol. The van der Waals surface area contributed by atoms with Crippen molar-refractivity contribution < 1.29 is 24.2 Å². The number of nitrogen functional groups attached to an aromatic ring is 1. The van der Waals surface area contributed by atoms with Crippen LogP contribution >= 0.6 is 0 Å². The Morgan fingerprint density at radius 1 is 1.44 bits per heavy atom.